The van der Waals surface area contributed by atoms with Gasteiger partial charge in [0.05, 0.1) is 6.61 Å². The van der Waals surface area contributed by atoms with Crippen LogP contribution in [0, 0.1) is 0 Å². The molecule has 2 aliphatic rings. The van der Waals surface area contributed by atoms with Crippen LogP contribution in [0.2, 0.25) is 0 Å². The maximum absolute atomic E-state index is 13.0. The number of pyridine rings is 2. The second-order valence-electron chi connectivity index (χ2n) is 8.53. The average molecular weight is 478 g/mol. The minimum Gasteiger partial charge on any atom is -0.447 e. The molecule has 0 radical (unpaired) electrons. The first-order chi connectivity index (χ1) is 17.1. The van der Waals surface area contributed by atoms with Gasteiger partial charge in [0.2, 0.25) is 0 Å². The van der Waals surface area contributed by atoms with Gasteiger partial charge in [0.1, 0.15) is 29.6 Å². The lowest BCUT2D eigenvalue weighted by molar-refractivity contribution is 0.0688. The summed E-state index contributed by atoms with van der Waals surface area (Å²) in [6.45, 7) is 2.31. The zero-order chi connectivity index (χ0) is 24.2. The summed E-state index contributed by atoms with van der Waals surface area (Å²) in [5, 5.41) is 11.4. The van der Waals surface area contributed by atoms with Gasteiger partial charge in [0, 0.05) is 39.4 Å². The van der Waals surface area contributed by atoms with E-state index in [2.05, 4.69) is 30.0 Å². The van der Waals surface area contributed by atoms with E-state index in [9.17, 15) is 9.59 Å². The quantitative estimate of drug-likeness (QED) is 0.537. The maximum atomic E-state index is 13.0. The first-order valence-electron chi connectivity index (χ1n) is 11.7. The van der Waals surface area contributed by atoms with Crippen LogP contribution in [-0.4, -0.2) is 68.5 Å². The van der Waals surface area contributed by atoms with Crippen molar-refractivity contribution >= 4 is 17.8 Å². The molecule has 0 aliphatic carbocycles. The Morgan fingerprint density at radius 2 is 2.00 bits per heavy atom. The van der Waals surface area contributed by atoms with E-state index in [1.807, 2.05) is 12.1 Å². The number of nitrogens with zero attached hydrogens (tertiary/aromatic N) is 6. The van der Waals surface area contributed by atoms with Gasteiger partial charge in [-0.25, -0.2) is 9.78 Å². The second kappa shape index (κ2) is 10.2. The highest BCUT2D eigenvalue weighted by atomic mass is 16.6. The van der Waals surface area contributed by atoms with Crippen LogP contribution in [0.3, 0.4) is 0 Å². The number of carbonyl (C=O) groups is 2. The van der Waals surface area contributed by atoms with Gasteiger partial charge >= 0.3 is 6.09 Å². The third-order valence-electron chi connectivity index (χ3n) is 6.18. The van der Waals surface area contributed by atoms with Crippen molar-refractivity contribution in [3.8, 4) is 11.5 Å². The molecule has 11 nitrogen and oxygen atoms in total. The van der Waals surface area contributed by atoms with Crippen LogP contribution in [0.1, 0.15) is 40.3 Å². The molecule has 0 spiro atoms. The molecule has 35 heavy (non-hydrogen) atoms. The number of methoxy groups -OCH3 is 1. The summed E-state index contributed by atoms with van der Waals surface area (Å²) < 4.78 is 12.2. The van der Waals surface area contributed by atoms with Crippen molar-refractivity contribution < 1.29 is 19.1 Å². The fourth-order valence-electron chi connectivity index (χ4n) is 4.33. The first-order valence-corrected chi connectivity index (χ1v) is 11.7. The zero-order valence-corrected chi connectivity index (χ0v) is 19.6. The van der Waals surface area contributed by atoms with Crippen molar-refractivity contribution in [3.05, 3.63) is 53.1 Å². The number of hydrogen-bond donors (Lipinski definition) is 1. The number of anilines is 1. The van der Waals surface area contributed by atoms with Crippen molar-refractivity contribution in [2.24, 2.45) is 0 Å². The van der Waals surface area contributed by atoms with Crippen LogP contribution in [-0.2, 0) is 35.4 Å². The number of aromatic nitrogens is 5. The Hall–Kier alpha value is -3.86. The Morgan fingerprint density at radius 3 is 2.89 bits per heavy atom. The van der Waals surface area contributed by atoms with Gasteiger partial charge in [-0.05, 0) is 48.6 Å². The largest absolute Gasteiger partial charge is 0.447 e. The van der Waals surface area contributed by atoms with Crippen molar-refractivity contribution in [2.75, 3.05) is 32.2 Å². The highest BCUT2D eigenvalue weighted by molar-refractivity contribution is 6.02. The number of ether oxygens (including phenoxy) is 2. The summed E-state index contributed by atoms with van der Waals surface area (Å²) in [6, 6.07) is 7.14. The van der Waals surface area contributed by atoms with Gasteiger partial charge in [-0.2, -0.15) is 0 Å². The minimum atomic E-state index is -0.396. The molecule has 11 heteroatoms. The zero-order valence-electron chi connectivity index (χ0n) is 19.6. The molecule has 0 bridgehead atoms. The summed E-state index contributed by atoms with van der Waals surface area (Å²) in [4.78, 5) is 35.8. The smallest absolute Gasteiger partial charge is 0.410 e. The first kappa shape index (κ1) is 22.9. The molecule has 5 rings (SSSR count). The predicted molar refractivity (Wildman–Crippen MR) is 126 cm³/mol. The summed E-state index contributed by atoms with van der Waals surface area (Å²) in [5.74, 6) is 1.71. The number of fused-ring (bicyclic) bond motifs is 2. The van der Waals surface area contributed by atoms with Crippen molar-refractivity contribution in [2.45, 2.75) is 38.8 Å². The molecule has 3 aromatic rings. The van der Waals surface area contributed by atoms with E-state index in [4.69, 9.17) is 9.47 Å². The summed E-state index contributed by atoms with van der Waals surface area (Å²) in [7, 11) is 1.55. The molecule has 0 aromatic carbocycles. The molecule has 0 saturated carbocycles. The Bertz CT molecular complexity index is 1240. The summed E-state index contributed by atoms with van der Waals surface area (Å²) >= 11 is 0. The summed E-state index contributed by atoms with van der Waals surface area (Å²) in [5.41, 5.74) is 2.80. The molecule has 0 unspecified atom stereocenters. The second-order valence-corrected chi connectivity index (χ2v) is 8.53. The standard InChI is InChI=1S/C24H27N7O4/c1-34-11-12-35-24(33)30-10-8-16-14-25-19(13-17(16)15-30)23(32)27-20-6-4-5-18(26-20)22-29-28-21-7-2-3-9-31(21)22/h4-6,13-14H,2-3,7-12,15H2,1H3,(H,26,27,32). The molecular formula is C24H27N7O4. The Kier molecular flexibility index (Phi) is 6.66. The molecule has 0 atom stereocenters. The fourth-order valence-corrected chi connectivity index (χ4v) is 4.33. The van der Waals surface area contributed by atoms with Crippen LogP contribution >= 0.6 is 0 Å². The topological polar surface area (TPSA) is 124 Å². The number of aryl methyl sites for hydroxylation is 1. The Labute approximate surface area is 202 Å². The number of nitrogens with one attached hydrogen (secondary N) is 1. The van der Waals surface area contributed by atoms with Gasteiger partial charge in [-0.1, -0.05) is 6.07 Å². The van der Waals surface area contributed by atoms with Crippen molar-refractivity contribution in [1.82, 2.24) is 29.6 Å². The van der Waals surface area contributed by atoms with E-state index in [0.717, 1.165) is 42.8 Å². The minimum absolute atomic E-state index is 0.201. The van der Waals surface area contributed by atoms with Crippen LogP contribution in [0.4, 0.5) is 10.6 Å². The van der Waals surface area contributed by atoms with Crippen LogP contribution in [0.15, 0.2) is 30.5 Å². The predicted octanol–water partition coefficient (Wildman–Crippen LogP) is 2.46. The lowest BCUT2D eigenvalue weighted by Gasteiger charge is -2.28. The van der Waals surface area contributed by atoms with E-state index in [1.54, 1.807) is 30.3 Å². The number of hydrogen-bond acceptors (Lipinski definition) is 8. The van der Waals surface area contributed by atoms with E-state index in [-0.39, 0.29) is 18.2 Å². The van der Waals surface area contributed by atoms with Gasteiger partial charge < -0.3 is 24.3 Å². The lowest BCUT2D eigenvalue weighted by atomic mass is 10.0. The molecule has 3 aromatic heterocycles. The van der Waals surface area contributed by atoms with Crippen LogP contribution in [0.25, 0.3) is 11.5 Å². The molecule has 182 valence electrons. The van der Waals surface area contributed by atoms with Crippen LogP contribution in [0.5, 0.6) is 0 Å². The van der Waals surface area contributed by atoms with Crippen molar-refractivity contribution in [3.63, 3.8) is 0 Å². The normalized spacial score (nSPS) is 14.7. The monoisotopic (exact) mass is 477 g/mol. The van der Waals surface area contributed by atoms with Gasteiger partial charge in [0.15, 0.2) is 5.82 Å². The molecule has 0 saturated heterocycles. The van der Waals surface area contributed by atoms with E-state index >= 15 is 0 Å². The molecule has 2 aliphatic heterocycles. The maximum Gasteiger partial charge on any atom is 0.410 e. The molecule has 2 amide bonds. The van der Waals surface area contributed by atoms with Gasteiger partial charge in [-0.15, -0.1) is 10.2 Å². The average Bonchev–Trinajstić information content (AvgIpc) is 3.32. The Balaban J connectivity index is 1.28. The van der Waals surface area contributed by atoms with E-state index in [1.165, 1.54) is 0 Å². The number of amides is 2. The van der Waals surface area contributed by atoms with Gasteiger partial charge in [-0.3, -0.25) is 9.78 Å². The molecular weight excluding hydrogens is 450 g/mol. The van der Waals surface area contributed by atoms with Crippen LogP contribution < -0.4 is 5.32 Å². The fraction of sp³-hybridized carbons (Fsp3) is 0.417. The van der Waals surface area contributed by atoms with Gasteiger partial charge in [0.25, 0.3) is 5.91 Å². The Morgan fingerprint density at radius 1 is 1.09 bits per heavy atom. The summed E-state index contributed by atoms with van der Waals surface area (Å²) in [6.07, 6.45) is 5.06. The molecule has 0 fully saturated rings. The third-order valence-corrected chi connectivity index (χ3v) is 6.18. The molecule has 5 heterocycles. The molecule has 1 N–H and O–H groups in total. The van der Waals surface area contributed by atoms with E-state index < -0.39 is 6.09 Å². The number of carbonyl (C=O) groups excluding carboxylic acids is 2. The number of rotatable bonds is 6. The lowest BCUT2D eigenvalue weighted by Crippen LogP contribution is -2.37. The van der Waals surface area contributed by atoms with E-state index in [0.29, 0.717) is 43.5 Å². The third kappa shape index (κ3) is 4.99. The highest BCUT2D eigenvalue weighted by Crippen LogP contribution is 2.23. The van der Waals surface area contributed by atoms with Crippen molar-refractivity contribution in [1.29, 1.82) is 0 Å². The SMILES string of the molecule is COCCOC(=O)N1CCc2cnc(C(=O)Nc3cccc(-c4nnc5n4CCCC5)n3)cc2C1. The highest BCUT2D eigenvalue weighted by Gasteiger charge is 2.24.